The number of allylic oxidation sites excluding steroid dienone is 1. The Labute approximate surface area is 48.9 Å². The van der Waals surface area contributed by atoms with Gasteiger partial charge < -0.3 is 5.73 Å². The quantitative estimate of drug-likeness (QED) is 0.463. The Morgan fingerprint density at radius 3 is 2.25 bits per heavy atom. The van der Waals surface area contributed by atoms with Gasteiger partial charge in [-0.2, -0.15) is 10.6 Å². The SMILES string of the molecule is NC1=CS(O)(O)C=C1. The molecule has 0 aromatic heterocycles. The molecule has 0 saturated carbocycles. The van der Waals surface area contributed by atoms with Gasteiger partial charge in [-0.05, 0) is 6.08 Å². The standard InChI is InChI=1S/C4H7NO2S/c5-4-1-2-8(6,7)3-4/h1-3,6-7H,5H2. The summed E-state index contributed by atoms with van der Waals surface area (Å²) in [6.45, 7) is 0. The van der Waals surface area contributed by atoms with Gasteiger partial charge in [-0.3, -0.25) is 9.11 Å². The molecular weight excluding hydrogens is 126 g/mol. The van der Waals surface area contributed by atoms with Crippen molar-refractivity contribution in [2.24, 2.45) is 5.73 Å². The van der Waals surface area contributed by atoms with Gasteiger partial charge in [-0.15, -0.1) is 0 Å². The summed E-state index contributed by atoms with van der Waals surface area (Å²) >= 11 is 0. The van der Waals surface area contributed by atoms with Gasteiger partial charge in [-0.1, -0.05) is 0 Å². The molecule has 0 fully saturated rings. The molecule has 1 heterocycles. The molecule has 1 rings (SSSR count). The second-order valence-electron chi connectivity index (χ2n) is 1.56. The zero-order valence-electron chi connectivity index (χ0n) is 4.11. The molecule has 0 unspecified atom stereocenters. The van der Waals surface area contributed by atoms with E-state index < -0.39 is 10.6 Å². The van der Waals surface area contributed by atoms with Gasteiger partial charge in [0.25, 0.3) is 0 Å². The van der Waals surface area contributed by atoms with Crippen LogP contribution in [0.2, 0.25) is 0 Å². The zero-order chi connectivity index (χ0) is 6.20. The highest BCUT2D eigenvalue weighted by Crippen LogP contribution is 2.46. The highest BCUT2D eigenvalue weighted by atomic mass is 32.3. The summed E-state index contributed by atoms with van der Waals surface area (Å²) in [6.07, 6.45) is 1.48. The lowest BCUT2D eigenvalue weighted by Gasteiger charge is -2.18. The van der Waals surface area contributed by atoms with Crippen molar-refractivity contribution < 1.29 is 9.11 Å². The van der Waals surface area contributed by atoms with Gasteiger partial charge in [-0.25, -0.2) is 0 Å². The highest BCUT2D eigenvalue weighted by Gasteiger charge is 2.08. The fourth-order valence-corrected chi connectivity index (χ4v) is 1.37. The minimum atomic E-state index is -2.56. The number of hydrogen-bond acceptors (Lipinski definition) is 3. The molecule has 0 amide bonds. The highest BCUT2D eigenvalue weighted by molar-refractivity contribution is 8.29. The fourth-order valence-electron chi connectivity index (χ4n) is 0.458. The molecule has 0 radical (unpaired) electrons. The summed E-state index contributed by atoms with van der Waals surface area (Å²) in [4.78, 5) is 0. The van der Waals surface area contributed by atoms with Crippen molar-refractivity contribution in [2.45, 2.75) is 0 Å². The van der Waals surface area contributed by atoms with E-state index in [1.807, 2.05) is 0 Å². The maximum absolute atomic E-state index is 8.76. The van der Waals surface area contributed by atoms with Crippen LogP contribution in [-0.4, -0.2) is 9.11 Å². The Morgan fingerprint density at radius 2 is 2.12 bits per heavy atom. The summed E-state index contributed by atoms with van der Waals surface area (Å²) in [5.74, 6) is 0. The van der Waals surface area contributed by atoms with Gasteiger partial charge >= 0.3 is 0 Å². The van der Waals surface area contributed by atoms with Crippen LogP contribution in [0.1, 0.15) is 0 Å². The van der Waals surface area contributed by atoms with Crippen LogP contribution in [0.5, 0.6) is 0 Å². The number of rotatable bonds is 0. The third-order valence-corrected chi connectivity index (χ3v) is 1.93. The van der Waals surface area contributed by atoms with Crippen LogP contribution < -0.4 is 5.73 Å². The van der Waals surface area contributed by atoms with Crippen LogP contribution in [0.15, 0.2) is 22.6 Å². The maximum Gasteiger partial charge on any atom is 0.0498 e. The van der Waals surface area contributed by atoms with Crippen LogP contribution in [0.4, 0.5) is 0 Å². The molecule has 8 heavy (non-hydrogen) atoms. The predicted molar refractivity (Wildman–Crippen MR) is 34.3 cm³/mol. The minimum absolute atomic E-state index is 0.421. The topological polar surface area (TPSA) is 66.5 Å². The monoisotopic (exact) mass is 133 g/mol. The first-order valence-electron chi connectivity index (χ1n) is 2.04. The number of nitrogens with two attached hydrogens (primary N) is 1. The van der Waals surface area contributed by atoms with E-state index in [-0.39, 0.29) is 0 Å². The Balaban J connectivity index is 2.84. The van der Waals surface area contributed by atoms with Crippen LogP contribution >= 0.6 is 10.6 Å². The average Bonchev–Trinajstić information content (AvgIpc) is 1.82. The molecule has 0 atom stereocenters. The van der Waals surface area contributed by atoms with Crippen molar-refractivity contribution in [1.29, 1.82) is 0 Å². The van der Waals surface area contributed by atoms with Crippen molar-refractivity contribution in [3.8, 4) is 0 Å². The van der Waals surface area contributed by atoms with Crippen molar-refractivity contribution in [3.05, 3.63) is 22.6 Å². The van der Waals surface area contributed by atoms with Crippen LogP contribution in [-0.2, 0) is 0 Å². The van der Waals surface area contributed by atoms with E-state index >= 15 is 0 Å². The first-order valence-corrected chi connectivity index (χ1v) is 3.71. The number of hydrogen-bond donors (Lipinski definition) is 3. The molecule has 0 aliphatic carbocycles. The molecule has 46 valence electrons. The predicted octanol–water partition coefficient (Wildman–Crippen LogP) is 1.06. The molecule has 1 aliphatic rings. The van der Waals surface area contributed by atoms with E-state index in [0.717, 1.165) is 0 Å². The van der Waals surface area contributed by atoms with Crippen LogP contribution in [0.3, 0.4) is 0 Å². The van der Waals surface area contributed by atoms with Crippen molar-refractivity contribution in [1.82, 2.24) is 0 Å². The van der Waals surface area contributed by atoms with Crippen LogP contribution in [0, 0.1) is 0 Å². The third-order valence-electron chi connectivity index (χ3n) is 0.770. The molecular formula is C4H7NO2S. The summed E-state index contributed by atoms with van der Waals surface area (Å²) in [7, 11) is -2.56. The Morgan fingerprint density at radius 1 is 1.50 bits per heavy atom. The molecule has 0 bridgehead atoms. The van der Waals surface area contributed by atoms with Crippen molar-refractivity contribution in [2.75, 3.05) is 0 Å². The lowest BCUT2D eigenvalue weighted by atomic mass is 10.5. The molecule has 4 heteroatoms. The molecule has 0 spiro atoms. The molecule has 1 aliphatic heterocycles. The molecule has 0 aromatic rings. The zero-order valence-corrected chi connectivity index (χ0v) is 4.93. The lowest BCUT2D eigenvalue weighted by molar-refractivity contribution is 0.512. The smallest absolute Gasteiger partial charge is 0.0498 e. The molecule has 4 N–H and O–H groups in total. The Bertz CT molecular complexity index is 161. The van der Waals surface area contributed by atoms with E-state index in [1.165, 1.54) is 16.9 Å². The summed E-state index contributed by atoms with van der Waals surface area (Å²) in [5, 5.41) is 2.54. The van der Waals surface area contributed by atoms with Gasteiger partial charge in [0.15, 0.2) is 0 Å². The van der Waals surface area contributed by atoms with Crippen molar-refractivity contribution >= 4 is 10.6 Å². The van der Waals surface area contributed by atoms with E-state index in [9.17, 15) is 0 Å². The van der Waals surface area contributed by atoms with Gasteiger partial charge in [0.05, 0.1) is 0 Å². The molecule has 3 nitrogen and oxygen atoms in total. The second-order valence-corrected chi connectivity index (χ2v) is 3.35. The minimum Gasteiger partial charge on any atom is -0.398 e. The average molecular weight is 133 g/mol. The molecule has 0 saturated heterocycles. The normalized spacial score (nSPS) is 27.5. The Hall–Kier alpha value is -0.450. The lowest BCUT2D eigenvalue weighted by Crippen LogP contribution is -1.89. The fraction of sp³-hybridized carbons (Fsp3) is 0. The maximum atomic E-state index is 8.76. The summed E-state index contributed by atoms with van der Waals surface area (Å²) in [6, 6.07) is 0. The van der Waals surface area contributed by atoms with Gasteiger partial charge in [0.2, 0.25) is 0 Å². The van der Waals surface area contributed by atoms with Crippen LogP contribution in [0.25, 0.3) is 0 Å². The second kappa shape index (κ2) is 1.51. The van der Waals surface area contributed by atoms with E-state index in [1.54, 1.807) is 0 Å². The van der Waals surface area contributed by atoms with E-state index in [4.69, 9.17) is 14.8 Å². The van der Waals surface area contributed by atoms with Gasteiger partial charge in [0, 0.05) is 16.5 Å². The Kier molecular flexibility index (Phi) is 1.07. The first-order chi connectivity index (χ1) is 3.60. The first kappa shape index (κ1) is 5.68. The largest absolute Gasteiger partial charge is 0.398 e. The van der Waals surface area contributed by atoms with E-state index in [0.29, 0.717) is 5.70 Å². The third kappa shape index (κ3) is 1.03. The summed E-state index contributed by atoms with van der Waals surface area (Å²) < 4.78 is 17.5. The van der Waals surface area contributed by atoms with E-state index in [2.05, 4.69) is 0 Å². The van der Waals surface area contributed by atoms with Crippen molar-refractivity contribution in [3.63, 3.8) is 0 Å². The van der Waals surface area contributed by atoms with Gasteiger partial charge in [0.1, 0.15) is 0 Å². The molecule has 0 aromatic carbocycles. The summed E-state index contributed by atoms with van der Waals surface area (Å²) in [5.41, 5.74) is 5.61.